The number of ketones is 2. The van der Waals surface area contributed by atoms with E-state index in [9.17, 15) is 27.6 Å². The van der Waals surface area contributed by atoms with Gasteiger partial charge >= 0.3 is 12.1 Å². The quantitative estimate of drug-likeness (QED) is 0.576. The Morgan fingerprint density at radius 1 is 1.39 bits per heavy atom. The summed E-state index contributed by atoms with van der Waals surface area (Å²) in [4.78, 5) is 33.8. The van der Waals surface area contributed by atoms with Crippen LogP contribution in [0.1, 0.15) is 26.2 Å². The molecule has 4 nitrogen and oxygen atoms in total. The third-order valence-corrected chi connectivity index (χ3v) is 2.86. The van der Waals surface area contributed by atoms with Crippen LogP contribution in [0.15, 0.2) is 0 Å². The van der Waals surface area contributed by atoms with Crippen LogP contribution in [0.5, 0.6) is 0 Å². The van der Waals surface area contributed by atoms with Gasteiger partial charge in [-0.2, -0.15) is 13.2 Å². The fourth-order valence-electron chi connectivity index (χ4n) is 1.95. The molecule has 0 heterocycles. The van der Waals surface area contributed by atoms with Crippen molar-refractivity contribution in [2.45, 2.75) is 32.4 Å². The van der Waals surface area contributed by atoms with Gasteiger partial charge in [-0.15, -0.1) is 0 Å². The molecule has 1 saturated carbocycles. The van der Waals surface area contributed by atoms with Gasteiger partial charge in [-0.1, -0.05) is 0 Å². The molecule has 0 bridgehead atoms. The van der Waals surface area contributed by atoms with Crippen LogP contribution in [-0.2, 0) is 19.1 Å². The first-order chi connectivity index (χ1) is 8.27. The van der Waals surface area contributed by atoms with Crippen LogP contribution in [0.2, 0.25) is 0 Å². The van der Waals surface area contributed by atoms with Crippen LogP contribution < -0.4 is 0 Å². The molecule has 7 heteroatoms. The van der Waals surface area contributed by atoms with Crippen LogP contribution in [0.25, 0.3) is 0 Å². The van der Waals surface area contributed by atoms with E-state index >= 15 is 0 Å². The van der Waals surface area contributed by atoms with E-state index in [2.05, 4.69) is 4.74 Å². The lowest BCUT2D eigenvalue weighted by atomic mass is 9.78. The third-order valence-electron chi connectivity index (χ3n) is 2.86. The lowest BCUT2D eigenvalue weighted by Crippen LogP contribution is -2.40. The molecule has 0 aromatic rings. The Bertz CT molecular complexity index is 362. The molecule has 0 aromatic carbocycles. The van der Waals surface area contributed by atoms with Gasteiger partial charge in [0.2, 0.25) is 5.78 Å². The number of halogens is 3. The van der Waals surface area contributed by atoms with Crippen molar-refractivity contribution in [2.75, 3.05) is 6.61 Å². The van der Waals surface area contributed by atoms with E-state index in [4.69, 9.17) is 0 Å². The average Bonchev–Trinajstić information content (AvgIpc) is 2.27. The van der Waals surface area contributed by atoms with Crippen LogP contribution in [-0.4, -0.2) is 30.3 Å². The zero-order chi connectivity index (χ0) is 13.9. The standard InChI is InChI=1S/C11H13F3O4/c1-2-18-10(17)6-3-4-8(15)7(5-6)9(16)11(12,13)14/h6-7H,2-5H2,1H3/t6-,7+/m1/s1. The summed E-state index contributed by atoms with van der Waals surface area (Å²) in [5, 5.41) is 0. The van der Waals surface area contributed by atoms with Crippen LogP contribution in [0.3, 0.4) is 0 Å². The summed E-state index contributed by atoms with van der Waals surface area (Å²) < 4.78 is 41.5. The van der Waals surface area contributed by atoms with Crippen molar-refractivity contribution in [3.05, 3.63) is 0 Å². The Labute approximate surface area is 101 Å². The van der Waals surface area contributed by atoms with Gasteiger partial charge in [0.15, 0.2) is 0 Å². The molecule has 0 N–H and O–H groups in total. The molecular formula is C11H13F3O4. The van der Waals surface area contributed by atoms with Crippen LogP contribution in [0.4, 0.5) is 13.2 Å². The fraction of sp³-hybridized carbons (Fsp3) is 0.727. The highest BCUT2D eigenvalue weighted by atomic mass is 19.4. The molecule has 102 valence electrons. The van der Waals surface area contributed by atoms with Gasteiger partial charge in [-0.25, -0.2) is 0 Å². The van der Waals surface area contributed by atoms with Crippen molar-refractivity contribution in [2.24, 2.45) is 11.8 Å². The molecule has 2 atom stereocenters. The number of ether oxygens (including phenoxy) is 1. The molecule has 0 spiro atoms. The SMILES string of the molecule is CCOC(=O)[C@@H]1CCC(=O)[C@@H](C(=O)C(F)(F)F)C1. The molecular weight excluding hydrogens is 253 g/mol. The number of hydrogen-bond acceptors (Lipinski definition) is 4. The summed E-state index contributed by atoms with van der Waals surface area (Å²) in [7, 11) is 0. The molecule has 0 saturated heterocycles. The van der Waals surface area contributed by atoms with Crippen molar-refractivity contribution in [1.82, 2.24) is 0 Å². The third kappa shape index (κ3) is 3.30. The zero-order valence-corrected chi connectivity index (χ0v) is 9.75. The molecule has 1 aliphatic carbocycles. The highest BCUT2D eigenvalue weighted by molar-refractivity contribution is 6.05. The van der Waals surface area contributed by atoms with Gasteiger partial charge in [-0.3, -0.25) is 14.4 Å². The van der Waals surface area contributed by atoms with Gasteiger partial charge in [0, 0.05) is 6.42 Å². The number of rotatable bonds is 3. The summed E-state index contributed by atoms with van der Waals surface area (Å²) in [6.45, 7) is 1.69. The number of Topliss-reactive ketones (excluding diaryl/α,β-unsaturated/α-hetero) is 2. The average molecular weight is 266 g/mol. The Kier molecular flexibility index (Phi) is 4.48. The first-order valence-corrected chi connectivity index (χ1v) is 5.57. The lowest BCUT2D eigenvalue weighted by molar-refractivity contribution is -0.178. The maximum absolute atomic E-state index is 12.3. The van der Waals surface area contributed by atoms with E-state index in [1.165, 1.54) is 0 Å². The summed E-state index contributed by atoms with van der Waals surface area (Å²) >= 11 is 0. The smallest absolute Gasteiger partial charge is 0.450 e. The Hall–Kier alpha value is -1.40. The molecule has 0 aromatic heterocycles. The first-order valence-electron chi connectivity index (χ1n) is 5.57. The second kappa shape index (κ2) is 5.49. The second-order valence-electron chi connectivity index (χ2n) is 4.10. The second-order valence-corrected chi connectivity index (χ2v) is 4.10. The minimum absolute atomic E-state index is 0.112. The minimum atomic E-state index is -5.04. The molecule has 1 fully saturated rings. The zero-order valence-electron chi connectivity index (χ0n) is 9.75. The highest BCUT2D eigenvalue weighted by Crippen LogP contribution is 2.32. The van der Waals surface area contributed by atoms with E-state index in [0.717, 1.165) is 0 Å². The van der Waals surface area contributed by atoms with Crippen molar-refractivity contribution >= 4 is 17.5 Å². The largest absolute Gasteiger partial charge is 0.466 e. The maximum Gasteiger partial charge on any atom is 0.450 e. The molecule has 1 rings (SSSR count). The van der Waals surface area contributed by atoms with Gasteiger partial charge < -0.3 is 4.74 Å². The molecule has 1 aliphatic rings. The number of hydrogen-bond donors (Lipinski definition) is 0. The number of carbonyl (C=O) groups excluding carboxylic acids is 3. The van der Waals surface area contributed by atoms with Gasteiger partial charge in [-0.05, 0) is 19.8 Å². The van der Waals surface area contributed by atoms with E-state index in [1.54, 1.807) is 6.92 Å². The first kappa shape index (κ1) is 14.7. The van der Waals surface area contributed by atoms with E-state index in [1.807, 2.05) is 0 Å². The summed E-state index contributed by atoms with van der Waals surface area (Å²) in [6, 6.07) is 0. The minimum Gasteiger partial charge on any atom is -0.466 e. The Morgan fingerprint density at radius 2 is 2.00 bits per heavy atom. The Balaban J connectivity index is 2.76. The van der Waals surface area contributed by atoms with E-state index < -0.39 is 42.0 Å². The van der Waals surface area contributed by atoms with Gasteiger partial charge in [0.05, 0.1) is 18.4 Å². The molecule has 0 radical (unpaired) electrons. The van der Waals surface area contributed by atoms with Crippen molar-refractivity contribution in [1.29, 1.82) is 0 Å². The fourth-order valence-corrected chi connectivity index (χ4v) is 1.95. The number of esters is 1. The van der Waals surface area contributed by atoms with Gasteiger partial charge in [0.25, 0.3) is 0 Å². The van der Waals surface area contributed by atoms with Crippen molar-refractivity contribution < 1.29 is 32.3 Å². The number of alkyl halides is 3. The molecule has 18 heavy (non-hydrogen) atoms. The lowest BCUT2D eigenvalue weighted by Gasteiger charge is -2.26. The topological polar surface area (TPSA) is 60.4 Å². The highest BCUT2D eigenvalue weighted by Gasteiger charge is 2.48. The monoisotopic (exact) mass is 266 g/mol. The summed E-state index contributed by atoms with van der Waals surface area (Å²) in [6.07, 6.45) is -5.51. The van der Waals surface area contributed by atoms with Crippen molar-refractivity contribution in [3.63, 3.8) is 0 Å². The summed E-state index contributed by atoms with van der Waals surface area (Å²) in [5.74, 6) is -6.03. The van der Waals surface area contributed by atoms with Gasteiger partial charge in [0.1, 0.15) is 5.78 Å². The predicted molar refractivity (Wildman–Crippen MR) is 53.5 cm³/mol. The van der Waals surface area contributed by atoms with Crippen molar-refractivity contribution in [3.8, 4) is 0 Å². The Morgan fingerprint density at radius 3 is 2.50 bits per heavy atom. The molecule has 0 aliphatic heterocycles. The van der Waals surface area contributed by atoms with Crippen LogP contribution >= 0.6 is 0 Å². The molecule has 0 unspecified atom stereocenters. The van der Waals surface area contributed by atoms with E-state index in [-0.39, 0.29) is 19.4 Å². The maximum atomic E-state index is 12.3. The summed E-state index contributed by atoms with van der Waals surface area (Å²) in [5.41, 5.74) is 0. The van der Waals surface area contributed by atoms with Crippen LogP contribution in [0, 0.1) is 11.8 Å². The van der Waals surface area contributed by atoms with E-state index in [0.29, 0.717) is 0 Å². The molecule has 0 amide bonds. The predicted octanol–water partition coefficient (Wildman–Crippen LogP) is 1.67. The normalized spacial score (nSPS) is 24.8. The number of carbonyl (C=O) groups is 3.